The molecule has 114 valence electrons. The number of benzene rings is 2. The Morgan fingerprint density at radius 2 is 1.73 bits per heavy atom. The van der Waals surface area contributed by atoms with E-state index < -0.39 is 6.09 Å². The van der Waals surface area contributed by atoms with E-state index in [0.29, 0.717) is 5.75 Å². The minimum absolute atomic E-state index is 0.283. The number of carboxylic acid groups (broad SMARTS) is 1. The van der Waals surface area contributed by atoms with E-state index in [4.69, 9.17) is 9.84 Å². The van der Waals surface area contributed by atoms with Gasteiger partial charge in [0.25, 0.3) is 0 Å². The molecule has 0 saturated carbocycles. The van der Waals surface area contributed by atoms with Gasteiger partial charge in [0.1, 0.15) is 11.5 Å². The van der Waals surface area contributed by atoms with Crippen LogP contribution in [0.25, 0.3) is 0 Å². The third-order valence-corrected chi connectivity index (χ3v) is 3.80. The van der Waals surface area contributed by atoms with Gasteiger partial charge in [-0.3, -0.25) is 0 Å². The lowest BCUT2D eigenvalue weighted by molar-refractivity contribution is 0.194. The molecule has 1 amide bonds. The normalized spacial score (nSPS) is 10.0. The molecule has 0 atom stereocenters. The second kappa shape index (κ2) is 8.14. The van der Waals surface area contributed by atoms with Crippen molar-refractivity contribution in [3.8, 4) is 11.5 Å². The van der Waals surface area contributed by atoms with Crippen molar-refractivity contribution in [1.82, 2.24) is 5.32 Å². The van der Waals surface area contributed by atoms with Crippen LogP contribution in [-0.2, 0) is 6.54 Å². The molecule has 0 spiro atoms. The van der Waals surface area contributed by atoms with Crippen molar-refractivity contribution >= 4 is 17.9 Å². The Balaban J connectivity index is 1.92. The smallest absolute Gasteiger partial charge is 0.404 e. The average Bonchev–Trinajstić information content (AvgIpc) is 2.53. The molecule has 0 heterocycles. The lowest BCUT2D eigenvalue weighted by Crippen LogP contribution is -2.19. The molecular formula is C17H17NO3S. The number of nitrogens with one attached hydrogen (secondary N) is 1. The molecule has 4 nitrogen and oxygen atoms in total. The highest BCUT2D eigenvalue weighted by atomic mass is 32.2. The first kappa shape index (κ1) is 16.0. The molecule has 0 saturated heterocycles. The topological polar surface area (TPSA) is 58.6 Å². The summed E-state index contributed by atoms with van der Waals surface area (Å²) in [6.45, 7) is 3.98. The third kappa shape index (κ3) is 5.18. The molecule has 0 aliphatic carbocycles. The van der Waals surface area contributed by atoms with Gasteiger partial charge in [-0.25, -0.2) is 4.79 Å². The molecule has 0 aliphatic rings. The van der Waals surface area contributed by atoms with Gasteiger partial charge in [0.05, 0.1) is 0 Å². The first-order valence-electron chi connectivity index (χ1n) is 6.75. The van der Waals surface area contributed by atoms with Gasteiger partial charge < -0.3 is 15.2 Å². The number of thioether (sulfide) groups is 1. The molecular weight excluding hydrogens is 298 g/mol. The van der Waals surface area contributed by atoms with E-state index in [1.165, 1.54) is 4.90 Å². The van der Waals surface area contributed by atoms with Crippen LogP contribution < -0.4 is 10.1 Å². The second-order valence-electron chi connectivity index (χ2n) is 4.48. The molecule has 2 rings (SSSR count). The molecule has 5 heteroatoms. The quantitative estimate of drug-likeness (QED) is 0.582. The maximum atomic E-state index is 10.4. The highest BCUT2D eigenvalue weighted by Crippen LogP contribution is 2.25. The Labute approximate surface area is 133 Å². The van der Waals surface area contributed by atoms with Crippen LogP contribution in [0, 0.1) is 0 Å². The molecule has 0 aliphatic heterocycles. The van der Waals surface area contributed by atoms with Gasteiger partial charge in [-0.1, -0.05) is 18.2 Å². The minimum atomic E-state index is -1.03. The Morgan fingerprint density at radius 3 is 2.27 bits per heavy atom. The molecule has 0 aromatic heterocycles. The lowest BCUT2D eigenvalue weighted by atomic mass is 10.2. The largest absolute Gasteiger partial charge is 0.465 e. The van der Waals surface area contributed by atoms with Crippen LogP contribution in [0.3, 0.4) is 0 Å². The highest BCUT2D eigenvalue weighted by Gasteiger charge is 2.00. The maximum absolute atomic E-state index is 10.4. The maximum Gasteiger partial charge on any atom is 0.404 e. The van der Waals surface area contributed by atoms with E-state index in [-0.39, 0.29) is 6.54 Å². The fraction of sp³-hybridized carbons (Fsp3) is 0.118. The van der Waals surface area contributed by atoms with Gasteiger partial charge in [-0.05, 0) is 42.0 Å². The third-order valence-electron chi connectivity index (χ3n) is 2.79. The van der Waals surface area contributed by atoms with Crippen molar-refractivity contribution < 1.29 is 14.6 Å². The summed E-state index contributed by atoms with van der Waals surface area (Å²) in [6, 6.07) is 15.2. The second-order valence-corrected chi connectivity index (χ2v) is 5.57. The van der Waals surface area contributed by atoms with Gasteiger partial charge in [0, 0.05) is 17.2 Å². The van der Waals surface area contributed by atoms with Crippen molar-refractivity contribution in [2.75, 3.05) is 5.75 Å². The van der Waals surface area contributed by atoms with Gasteiger partial charge in [0.15, 0.2) is 0 Å². The Morgan fingerprint density at radius 1 is 1.14 bits per heavy atom. The summed E-state index contributed by atoms with van der Waals surface area (Å²) in [5.74, 6) is 2.36. The monoisotopic (exact) mass is 315 g/mol. The van der Waals surface area contributed by atoms with Crippen LogP contribution in [0.4, 0.5) is 4.79 Å². The van der Waals surface area contributed by atoms with Gasteiger partial charge in [-0.15, -0.1) is 18.3 Å². The molecule has 2 aromatic rings. The van der Waals surface area contributed by atoms with Crippen molar-refractivity contribution in [2.45, 2.75) is 11.4 Å². The average molecular weight is 315 g/mol. The standard InChI is InChI=1S/C17H17NO3S/c1-2-11-22-16-9-7-15(8-10-16)21-14-5-3-13(4-6-14)12-18-17(19)20/h2-10,18H,1,11-12H2,(H,19,20). The molecule has 2 N–H and O–H groups in total. The predicted octanol–water partition coefficient (Wildman–Crippen LogP) is 4.52. The number of hydrogen-bond donors (Lipinski definition) is 2. The molecule has 0 unspecified atom stereocenters. The summed E-state index contributed by atoms with van der Waals surface area (Å²) in [5, 5.41) is 10.9. The van der Waals surface area contributed by atoms with Crippen LogP contribution in [0.2, 0.25) is 0 Å². The van der Waals surface area contributed by atoms with Gasteiger partial charge in [0.2, 0.25) is 0 Å². The van der Waals surface area contributed by atoms with Crippen molar-refractivity contribution in [3.05, 3.63) is 66.7 Å². The number of hydrogen-bond acceptors (Lipinski definition) is 3. The summed E-state index contributed by atoms with van der Waals surface area (Å²) in [4.78, 5) is 11.6. The Hall–Kier alpha value is -2.40. The number of amides is 1. The lowest BCUT2D eigenvalue weighted by Gasteiger charge is -2.08. The molecule has 2 aromatic carbocycles. The summed E-state index contributed by atoms with van der Waals surface area (Å²) >= 11 is 1.72. The molecule has 0 fully saturated rings. The molecule has 0 bridgehead atoms. The zero-order valence-corrected chi connectivity index (χ0v) is 12.8. The van der Waals surface area contributed by atoms with Crippen molar-refractivity contribution in [2.24, 2.45) is 0 Å². The van der Waals surface area contributed by atoms with Crippen molar-refractivity contribution in [1.29, 1.82) is 0 Å². The van der Waals surface area contributed by atoms with E-state index in [1.54, 1.807) is 11.8 Å². The zero-order chi connectivity index (χ0) is 15.8. The van der Waals surface area contributed by atoms with Crippen LogP contribution >= 0.6 is 11.8 Å². The van der Waals surface area contributed by atoms with E-state index in [1.807, 2.05) is 54.6 Å². The molecule has 22 heavy (non-hydrogen) atoms. The molecule has 0 radical (unpaired) electrons. The van der Waals surface area contributed by atoms with Gasteiger partial charge >= 0.3 is 6.09 Å². The number of ether oxygens (including phenoxy) is 1. The Kier molecular flexibility index (Phi) is 5.91. The van der Waals surface area contributed by atoms with E-state index in [0.717, 1.165) is 17.1 Å². The SMILES string of the molecule is C=CCSc1ccc(Oc2ccc(CNC(=O)O)cc2)cc1. The summed E-state index contributed by atoms with van der Waals surface area (Å²) < 4.78 is 5.75. The van der Waals surface area contributed by atoms with Crippen LogP contribution in [-0.4, -0.2) is 17.0 Å². The number of carbonyl (C=O) groups is 1. The van der Waals surface area contributed by atoms with Crippen LogP contribution in [0.15, 0.2) is 66.1 Å². The summed E-state index contributed by atoms with van der Waals surface area (Å²) in [7, 11) is 0. The van der Waals surface area contributed by atoms with Gasteiger partial charge in [-0.2, -0.15) is 0 Å². The first-order chi connectivity index (χ1) is 10.7. The fourth-order valence-electron chi connectivity index (χ4n) is 1.75. The zero-order valence-electron chi connectivity index (χ0n) is 12.0. The van der Waals surface area contributed by atoms with Crippen LogP contribution in [0.1, 0.15) is 5.56 Å². The highest BCUT2D eigenvalue weighted by molar-refractivity contribution is 7.99. The summed E-state index contributed by atoms with van der Waals surface area (Å²) in [6.07, 6.45) is 0.838. The van der Waals surface area contributed by atoms with E-state index in [2.05, 4.69) is 11.9 Å². The van der Waals surface area contributed by atoms with E-state index >= 15 is 0 Å². The van der Waals surface area contributed by atoms with Crippen molar-refractivity contribution in [3.63, 3.8) is 0 Å². The van der Waals surface area contributed by atoms with Crippen LogP contribution in [0.5, 0.6) is 11.5 Å². The predicted molar refractivity (Wildman–Crippen MR) is 88.7 cm³/mol. The minimum Gasteiger partial charge on any atom is -0.465 e. The first-order valence-corrected chi connectivity index (χ1v) is 7.73. The fourth-order valence-corrected chi connectivity index (χ4v) is 2.39. The Bertz CT molecular complexity index is 623. The summed E-state index contributed by atoms with van der Waals surface area (Å²) in [5.41, 5.74) is 0.880. The van der Waals surface area contributed by atoms with E-state index in [9.17, 15) is 4.79 Å². The number of rotatable bonds is 7.